The lowest BCUT2D eigenvalue weighted by Gasteiger charge is -2.23. The first-order chi connectivity index (χ1) is 8.55. The molecule has 0 bridgehead atoms. The lowest BCUT2D eigenvalue weighted by atomic mass is 10.1. The normalized spacial score (nSPS) is 20.8. The minimum atomic E-state index is -3.60. The lowest BCUT2D eigenvalue weighted by Crippen LogP contribution is -2.36. The predicted octanol–water partition coefficient (Wildman–Crippen LogP) is 0.603. The minimum Gasteiger partial charge on any atom is -0.380 e. The average molecular weight is 270 g/mol. The second kappa shape index (κ2) is 5.79. The third kappa shape index (κ3) is 3.78. The fourth-order valence-electron chi connectivity index (χ4n) is 1.96. The number of sulfonamides is 1. The van der Waals surface area contributed by atoms with E-state index in [1.165, 1.54) is 12.1 Å². The van der Waals surface area contributed by atoms with Crippen LogP contribution in [0.1, 0.15) is 18.4 Å². The van der Waals surface area contributed by atoms with Gasteiger partial charge in [0.05, 0.1) is 11.5 Å². The van der Waals surface area contributed by atoms with Gasteiger partial charge in [0.2, 0.25) is 10.0 Å². The molecule has 100 valence electrons. The highest BCUT2D eigenvalue weighted by molar-refractivity contribution is 7.89. The smallest absolute Gasteiger partial charge is 0.238 e. The molecule has 1 aromatic carbocycles. The Bertz CT molecular complexity index is 479. The molecule has 2 rings (SSSR count). The molecular formula is C12H18N2O3S. The third-order valence-corrected chi connectivity index (χ3v) is 3.94. The van der Waals surface area contributed by atoms with Gasteiger partial charge < -0.3 is 10.1 Å². The lowest BCUT2D eigenvalue weighted by molar-refractivity contribution is 0.0699. The maximum atomic E-state index is 11.1. The molecule has 5 nitrogen and oxygen atoms in total. The Balaban J connectivity index is 1.90. The fraction of sp³-hybridized carbons (Fsp3) is 0.500. The van der Waals surface area contributed by atoms with Gasteiger partial charge in [-0.3, -0.25) is 0 Å². The molecule has 1 atom stereocenters. The Morgan fingerprint density at radius 2 is 2.06 bits per heavy atom. The largest absolute Gasteiger partial charge is 0.380 e. The topological polar surface area (TPSA) is 81.4 Å². The molecule has 0 aromatic heterocycles. The van der Waals surface area contributed by atoms with Gasteiger partial charge in [0.25, 0.3) is 0 Å². The van der Waals surface area contributed by atoms with Crippen LogP contribution in [-0.2, 0) is 21.3 Å². The zero-order chi connectivity index (χ0) is 13.0. The van der Waals surface area contributed by atoms with Gasteiger partial charge in [-0.05, 0) is 30.5 Å². The summed E-state index contributed by atoms with van der Waals surface area (Å²) >= 11 is 0. The van der Waals surface area contributed by atoms with E-state index in [0.717, 1.165) is 31.6 Å². The summed E-state index contributed by atoms with van der Waals surface area (Å²) in [5.74, 6) is 0. The number of ether oxygens (including phenoxy) is 1. The van der Waals surface area contributed by atoms with E-state index in [1.54, 1.807) is 12.1 Å². The summed E-state index contributed by atoms with van der Waals surface area (Å²) in [7, 11) is -3.60. The first-order valence-corrected chi connectivity index (χ1v) is 7.53. The molecule has 1 unspecified atom stereocenters. The molecule has 6 heteroatoms. The molecule has 0 radical (unpaired) electrons. The Morgan fingerprint density at radius 3 is 2.61 bits per heavy atom. The minimum absolute atomic E-state index is 0.146. The summed E-state index contributed by atoms with van der Waals surface area (Å²) in [6, 6.07) is 7.00. The van der Waals surface area contributed by atoms with Crippen molar-refractivity contribution in [3.8, 4) is 0 Å². The van der Waals surface area contributed by atoms with Gasteiger partial charge in [0, 0.05) is 19.2 Å². The van der Waals surface area contributed by atoms with E-state index in [1.807, 2.05) is 0 Å². The van der Waals surface area contributed by atoms with Crippen LogP contribution in [-0.4, -0.2) is 27.7 Å². The standard InChI is InChI=1S/C12H18N2O3S/c13-18(15,16)12-5-3-10(4-6-12)8-14-11-2-1-7-17-9-11/h3-6,11,14H,1-2,7-9H2,(H2,13,15,16). The number of hydrogen-bond donors (Lipinski definition) is 2. The van der Waals surface area contributed by atoms with Crippen molar-refractivity contribution in [3.63, 3.8) is 0 Å². The summed E-state index contributed by atoms with van der Waals surface area (Å²) < 4.78 is 27.6. The van der Waals surface area contributed by atoms with Gasteiger partial charge in [-0.1, -0.05) is 12.1 Å². The zero-order valence-electron chi connectivity index (χ0n) is 10.1. The highest BCUT2D eigenvalue weighted by Crippen LogP contribution is 2.10. The molecule has 1 aliphatic heterocycles. The molecule has 1 aromatic rings. The van der Waals surface area contributed by atoms with Gasteiger partial charge in [-0.15, -0.1) is 0 Å². The van der Waals surface area contributed by atoms with Crippen LogP contribution in [0.2, 0.25) is 0 Å². The van der Waals surface area contributed by atoms with Crippen LogP contribution < -0.4 is 10.5 Å². The number of nitrogens with one attached hydrogen (secondary N) is 1. The molecular weight excluding hydrogens is 252 g/mol. The predicted molar refractivity (Wildman–Crippen MR) is 68.5 cm³/mol. The third-order valence-electron chi connectivity index (χ3n) is 3.01. The highest BCUT2D eigenvalue weighted by atomic mass is 32.2. The number of rotatable bonds is 4. The van der Waals surface area contributed by atoms with Crippen LogP contribution in [0.3, 0.4) is 0 Å². The number of hydrogen-bond acceptors (Lipinski definition) is 4. The first-order valence-electron chi connectivity index (χ1n) is 5.98. The van der Waals surface area contributed by atoms with Crippen LogP contribution in [0.25, 0.3) is 0 Å². The summed E-state index contributed by atoms with van der Waals surface area (Å²) in [6.07, 6.45) is 2.21. The maximum absolute atomic E-state index is 11.1. The van der Waals surface area contributed by atoms with Crippen LogP contribution in [0.4, 0.5) is 0 Å². The fourth-order valence-corrected chi connectivity index (χ4v) is 2.48. The molecule has 18 heavy (non-hydrogen) atoms. The number of benzene rings is 1. The maximum Gasteiger partial charge on any atom is 0.238 e. The second-order valence-electron chi connectivity index (χ2n) is 4.48. The second-order valence-corrected chi connectivity index (χ2v) is 6.05. The summed E-state index contributed by atoms with van der Waals surface area (Å²) in [5.41, 5.74) is 1.04. The van der Waals surface area contributed by atoms with E-state index in [9.17, 15) is 8.42 Å². The van der Waals surface area contributed by atoms with Crippen molar-refractivity contribution in [2.75, 3.05) is 13.2 Å². The number of nitrogens with two attached hydrogens (primary N) is 1. The first kappa shape index (κ1) is 13.5. The van der Waals surface area contributed by atoms with Crippen molar-refractivity contribution in [3.05, 3.63) is 29.8 Å². The Labute approximate surface area is 107 Å². The van der Waals surface area contributed by atoms with Crippen LogP contribution in [0.5, 0.6) is 0 Å². The van der Waals surface area contributed by atoms with E-state index in [2.05, 4.69) is 5.32 Å². The van der Waals surface area contributed by atoms with Gasteiger partial charge in [0.1, 0.15) is 0 Å². The molecule has 1 saturated heterocycles. The molecule has 0 aliphatic carbocycles. The van der Waals surface area contributed by atoms with Crippen molar-refractivity contribution in [1.29, 1.82) is 0 Å². The monoisotopic (exact) mass is 270 g/mol. The number of primary sulfonamides is 1. The van der Waals surface area contributed by atoms with Gasteiger partial charge in [-0.2, -0.15) is 0 Å². The zero-order valence-corrected chi connectivity index (χ0v) is 10.9. The molecule has 0 spiro atoms. The van der Waals surface area contributed by atoms with E-state index >= 15 is 0 Å². The van der Waals surface area contributed by atoms with E-state index in [4.69, 9.17) is 9.88 Å². The average Bonchev–Trinajstić information content (AvgIpc) is 2.37. The van der Waals surface area contributed by atoms with Crippen LogP contribution in [0, 0.1) is 0 Å². The molecule has 1 fully saturated rings. The van der Waals surface area contributed by atoms with Crippen LogP contribution in [0.15, 0.2) is 29.2 Å². The van der Waals surface area contributed by atoms with E-state index in [0.29, 0.717) is 12.6 Å². The quantitative estimate of drug-likeness (QED) is 0.839. The molecule has 0 amide bonds. The van der Waals surface area contributed by atoms with Gasteiger partial charge in [-0.25, -0.2) is 13.6 Å². The van der Waals surface area contributed by atoms with Gasteiger partial charge >= 0.3 is 0 Å². The molecule has 0 saturated carbocycles. The van der Waals surface area contributed by atoms with E-state index < -0.39 is 10.0 Å². The Morgan fingerprint density at radius 1 is 1.33 bits per heavy atom. The summed E-state index contributed by atoms with van der Waals surface area (Å²) in [5, 5.41) is 8.43. The Hall–Kier alpha value is -0.950. The molecule has 1 aliphatic rings. The molecule has 1 heterocycles. The Kier molecular flexibility index (Phi) is 4.34. The van der Waals surface area contributed by atoms with E-state index in [-0.39, 0.29) is 4.90 Å². The highest BCUT2D eigenvalue weighted by Gasteiger charge is 2.13. The summed E-state index contributed by atoms with van der Waals surface area (Å²) in [4.78, 5) is 0.146. The van der Waals surface area contributed by atoms with Crippen molar-refractivity contribution in [1.82, 2.24) is 5.32 Å². The van der Waals surface area contributed by atoms with Crippen molar-refractivity contribution >= 4 is 10.0 Å². The van der Waals surface area contributed by atoms with Crippen LogP contribution >= 0.6 is 0 Å². The summed E-state index contributed by atoms with van der Waals surface area (Å²) in [6.45, 7) is 2.30. The SMILES string of the molecule is NS(=O)(=O)c1ccc(CNC2CCCOC2)cc1. The van der Waals surface area contributed by atoms with Gasteiger partial charge in [0.15, 0.2) is 0 Å². The van der Waals surface area contributed by atoms with Crippen molar-refractivity contribution in [2.24, 2.45) is 5.14 Å². The van der Waals surface area contributed by atoms with Crippen molar-refractivity contribution in [2.45, 2.75) is 30.3 Å². The van der Waals surface area contributed by atoms with Crippen molar-refractivity contribution < 1.29 is 13.2 Å². The molecule has 3 N–H and O–H groups in total.